The number of ether oxygens (including phenoxy) is 1. The minimum atomic E-state index is -0.605. The molecule has 0 spiro atoms. The monoisotopic (exact) mass is 393 g/mol. The standard InChI is InChI=1S/C22H23N3O2S/c1-15(21(26)24-22-23-19-12-13-25(2)14-20(19)28-22)27-18-10-8-17(9-11-18)16-6-4-3-5-7-16/h3-11,15H,12-14H2,1-2H3,(H,23,24,26). The van der Waals surface area contributed by atoms with Gasteiger partial charge in [0.2, 0.25) is 0 Å². The molecule has 5 nitrogen and oxygen atoms in total. The van der Waals surface area contributed by atoms with Gasteiger partial charge in [-0.05, 0) is 37.2 Å². The number of carbonyl (C=O) groups excluding carboxylic acids is 1. The molecule has 6 heteroatoms. The number of benzene rings is 2. The van der Waals surface area contributed by atoms with Crippen LogP contribution >= 0.6 is 11.3 Å². The number of anilines is 1. The van der Waals surface area contributed by atoms with E-state index in [1.807, 2.05) is 42.5 Å². The predicted molar refractivity (Wildman–Crippen MR) is 113 cm³/mol. The zero-order chi connectivity index (χ0) is 19.5. The Morgan fingerprint density at radius 1 is 1.14 bits per heavy atom. The van der Waals surface area contributed by atoms with Gasteiger partial charge in [0.05, 0.1) is 5.69 Å². The summed E-state index contributed by atoms with van der Waals surface area (Å²) in [6.45, 7) is 3.65. The van der Waals surface area contributed by atoms with E-state index in [1.165, 1.54) is 4.88 Å². The number of likely N-dealkylation sites (N-methyl/N-ethyl adjacent to an activating group) is 1. The number of nitrogens with zero attached hydrogens (tertiary/aromatic N) is 2. The first-order valence-corrected chi connectivity index (χ1v) is 10.2. The highest BCUT2D eigenvalue weighted by Crippen LogP contribution is 2.28. The first-order chi connectivity index (χ1) is 13.6. The molecule has 1 unspecified atom stereocenters. The Morgan fingerprint density at radius 2 is 1.86 bits per heavy atom. The molecule has 1 N–H and O–H groups in total. The molecule has 1 aliphatic heterocycles. The van der Waals surface area contributed by atoms with Crippen molar-refractivity contribution in [1.82, 2.24) is 9.88 Å². The van der Waals surface area contributed by atoms with E-state index in [9.17, 15) is 4.79 Å². The van der Waals surface area contributed by atoms with Gasteiger partial charge in [-0.3, -0.25) is 10.1 Å². The van der Waals surface area contributed by atoms with Crippen LogP contribution in [0.2, 0.25) is 0 Å². The van der Waals surface area contributed by atoms with Crippen LogP contribution in [0.15, 0.2) is 54.6 Å². The van der Waals surface area contributed by atoms with Crippen molar-refractivity contribution in [2.75, 3.05) is 18.9 Å². The van der Waals surface area contributed by atoms with E-state index in [4.69, 9.17) is 4.74 Å². The second kappa shape index (κ2) is 8.12. The second-order valence-electron chi connectivity index (χ2n) is 7.02. The Hall–Kier alpha value is -2.70. The number of hydrogen-bond acceptors (Lipinski definition) is 5. The Kier molecular flexibility index (Phi) is 5.41. The van der Waals surface area contributed by atoms with E-state index in [1.54, 1.807) is 18.3 Å². The normalized spacial score (nSPS) is 14.9. The molecule has 0 saturated carbocycles. The lowest BCUT2D eigenvalue weighted by atomic mass is 10.1. The minimum Gasteiger partial charge on any atom is -0.481 e. The van der Waals surface area contributed by atoms with Crippen molar-refractivity contribution >= 4 is 22.4 Å². The lowest BCUT2D eigenvalue weighted by molar-refractivity contribution is -0.122. The molecule has 0 saturated heterocycles. The molecule has 2 aromatic carbocycles. The van der Waals surface area contributed by atoms with Crippen LogP contribution in [0.25, 0.3) is 11.1 Å². The van der Waals surface area contributed by atoms with Gasteiger partial charge >= 0.3 is 0 Å². The van der Waals surface area contributed by atoms with Crippen molar-refractivity contribution in [2.45, 2.75) is 26.0 Å². The lowest BCUT2D eigenvalue weighted by Gasteiger charge is -2.20. The third-order valence-electron chi connectivity index (χ3n) is 4.80. The molecule has 0 aliphatic carbocycles. The molecule has 2 heterocycles. The summed E-state index contributed by atoms with van der Waals surface area (Å²) in [5.74, 6) is 0.481. The number of amides is 1. The average Bonchev–Trinajstić information content (AvgIpc) is 3.10. The molecule has 3 aromatic rings. The maximum Gasteiger partial charge on any atom is 0.266 e. The van der Waals surface area contributed by atoms with Gasteiger partial charge in [-0.2, -0.15) is 0 Å². The van der Waals surface area contributed by atoms with Gasteiger partial charge in [0.1, 0.15) is 5.75 Å². The van der Waals surface area contributed by atoms with E-state index in [0.29, 0.717) is 10.9 Å². The van der Waals surface area contributed by atoms with Gasteiger partial charge in [-0.1, -0.05) is 42.5 Å². The fourth-order valence-corrected chi connectivity index (χ4v) is 4.29. The average molecular weight is 394 g/mol. The summed E-state index contributed by atoms with van der Waals surface area (Å²) in [7, 11) is 2.10. The Morgan fingerprint density at radius 3 is 2.61 bits per heavy atom. The quantitative estimate of drug-likeness (QED) is 0.706. The molecule has 1 atom stereocenters. The van der Waals surface area contributed by atoms with Crippen molar-refractivity contribution < 1.29 is 9.53 Å². The van der Waals surface area contributed by atoms with Gasteiger partial charge in [-0.25, -0.2) is 4.98 Å². The maximum absolute atomic E-state index is 12.5. The van der Waals surface area contributed by atoms with Crippen LogP contribution in [0, 0.1) is 0 Å². The molecule has 144 valence electrons. The van der Waals surface area contributed by atoms with E-state index < -0.39 is 6.10 Å². The number of fused-ring (bicyclic) bond motifs is 1. The molecule has 0 radical (unpaired) electrons. The number of carbonyl (C=O) groups is 1. The molecule has 1 aliphatic rings. The van der Waals surface area contributed by atoms with Crippen LogP contribution < -0.4 is 10.1 Å². The fourth-order valence-electron chi connectivity index (χ4n) is 3.20. The fraction of sp³-hybridized carbons (Fsp3) is 0.273. The van der Waals surface area contributed by atoms with Crippen LogP contribution in [0.5, 0.6) is 5.75 Å². The highest BCUT2D eigenvalue weighted by atomic mass is 32.1. The van der Waals surface area contributed by atoms with Gasteiger partial charge in [0.25, 0.3) is 5.91 Å². The van der Waals surface area contributed by atoms with Gasteiger partial charge < -0.3 is 9.64 Å². The van der Waals surface area contributed by atoms with E-state index in [0.717, 1.165) is 36.3 Å². The lowest BCUT2D eigenvalue weighted by Crippen LogP contribution is -2.30. The molecule has 28 heavy (non-hydrogen) atoms. The Balaban J connectivity index is 1.37. The predicted octanol–water partition coefficient (Wildman–Crippen LogP) is 4.20. The van der Waals surface area contributed by atoms with Crippen molar-refractivity contribution in [1.29, 1.82) is 0 Å². The zero-order valence-electron chi connectivity index (χ0n) is 16.0. The molecule has 1 amide bonds. The van der Waals surface area contributed by atoms with Crippen molar-refractivity contribution in [3.8, 4) is 16.9 Å². The number of thiazole rings is 1. The molecular weight excluding hydrogens is 370 g/mol. The Labute approximate surface area is 169 Å². The van der Waals surface area contributed by atoms with Crippen LogP contribution in [0.4, 0.5) is 5.13 Å². The molecule has 0 fully saturated rings. The third-order valence-corrected chi connectivity index (χ3v) is 5.79. The summed E-state index contributed by atoms with van der Waals surface area (Å²) in [5, 5.41) is 3.55. The summed E-state index contributed by atoms with van der Waals surface area (Å²) in [6.07, 6.45) is 0.323. The van der Waals surface area contributed by atoms with Crippen molar-refractivity contribution in [3.05, 3.63) is 65.2 Å². The first kappa shape index (κ1) is 18.7. The summed E-state index contributed by atoms with van der Waals surface area (Å²) in [4.78, 5) is 20.6. The number of aromatic nitrogens is 1. The number of hydrogen-bond donors (Lipinski definition) is 1. The highest BCUT2D eigenvalue weighted by Gasteiger charge is 2.21. The molecule has 4 rings (SSSR count). The van der Waals surface area contributed by atoms with E-state index in [2.05, 4.69) is 34.4 Å². The number of rotatable bonds is 5. The van der Waals surface area contributed by atoms with Crippen molar-refractivity contribution in [3.63, 3.8) is 0 Å². The summed E-state index contributed by atoms with van der Waals surface area (Å²) >= 11 is 1.55. The maximum atomic E-state index is 12.5. The number of nitrogens with one attached hydrogen (secondary N) is 1. The smallest absolute Gasteiger partial charge is 0.266 e. The van der Waals surface area contributed by atoms with Gasteiger partial charge in [0, 0.05) is 24.4 Å². The van der Waals surface area contributed by atoms with Crippen LogP contribution in [-0.2, 0) is 17.8 Å². The Bertz CT molecular complexity index is 954. The first-order valence-electron chi connectivity index (χ1n) is 9.38. The molecule has 0 bridgehead atoms. The van der Waals surface area contributed by atoms with Crippen LogP contribution in [0.3, 0.4) is 0 Å². The van der Waals surface area contributed by atoms with Crippen molar-refractivity contribution in [2.24, 2.45) is 0 Å². The molecular formula is C22H23N3O2S. The van der Waals surface area contributed by atoms with Crippen LogP contribution in [0.1, 0.15) is 17.5 Å². The third kappa shape index (κ3) is 4.24. The summed E-state index contributed by atoms with van der Waals surface area (Å²) in [6, 6.07) is 17.9. The minimum absolute atomic E-state index is 0.188. The SMILES string of the molecule is CC(Oc1ccc(-c2ccccc2)cc1)C(=O)Nc1nc2c(s1)CN(C)CC2. The largest absolute Gasteiger partial charge is 0.481 e. The van der Waals surface area contributed by atoms with Crippen LogP contribution in [-0.4, -0.2) is 35.5 Å². The summed E-state index contributed by atoms with van der Waals surface area (Å²) < 4.78 is 5.81. The zero-order valence-corrected chi connectivity index (χ0v) is 16.8. The highest BCUT2D eigenvalue weighted by molar-refractivity contribution is 7.15. The van der Waals surface area contributed by atoms with E-state index in [-0.39, 0.29) is 5.91 Å². The van der Waals surface area contributed by atoms with E-state index >= 15 is 0 Å². The second-order valence-corrected chi connectivity index (χ2v) is 8.10. The summed E-state index contributed by atoms with van der Waals surface area (Å²) in [5.41, 5.74) is 3.37. The topological polar surface area (TPSA) is 54.5 Å². The molecule has 1 aromatic heterocycles. The van der Waals surface area contributed by atoms with Gasteiger partial charge in [-0.15, -0.1) is 11.3 Å². The van der Waals surface area contributed by atoms with Gasteiger partial charge in [0.15, 0.2) is 11.2 Å².